The number of nitrogens with two attached hydrogens (primary N) is 1. The van der Waals surface area contributed by atoms with Crippen LogP contribution in [0, 0.1) is 6.92 Å². The van der Waals surface area contributed by atoms with Crippen LogP contribution < -0.4 is 5.73 Å². The van der Waals surface area contributed by atoms with Crippen LogP contribution in [0.2, 0.25) is 0 Å². The molecule has 0 spiro atoms. The van der Waals surface area contributed by atoms with Crippen LogP contribution >= 0.6 is 0 Å². The fourth-order valence-electron chi connectivity index (χ4n) is 2.16. The number of hydrogen-bond acceptors (Lipinski definition) is 2. The van der Waals surface area contributed by atoms with Gasteiger partial charge in [-0.05, 0) is 38.8 Å². The number of nitrogens with zero attached hydrogens (tertiary/aromatic N) is 1. The van der Waals surface area contributed by atoms with Gasteiger partial charge in [0.1, 0.15) is 0 Å². The maximum absolute atomic E-state index is 12.1. The molecule has 1 aromatic rings. The average Bonchev–Trinajstić information content (AvgIpc) is 2.41. The number of amides is 1. The topological polar surface area (TPSA) is 46.3 Å². The summed E-state index contributed by atoms with van der Waals surface area (Å²) in [5.74, 6) is 0.251. The highest BCUT2D eigenvalue weighted by atomic mass is 16.2. The van der Waals surface area contributed by atoms with Crippen molar-refractivity contribution in [2.24, 2.45) is 5.73 Å². The molecule has 1 aromatic carbocycles. The van der Waals surface area contributed by atoms with Crippen LogP contribution in [0.1, 0.15) is 43.7 Å². The molecule has 0 unspecified atom stereocenters. The van der Waals surface area contributed by atoms with E-state index in [1.807, 2.05) is 17.9 Å². The van der Waals surface area contributed by atoms with Crippen molar-refractivity contribution in [1.29, 1.82) is 0 Å². The summed E-state index contributed by atoms with van der Waals surface area (Å²) in [4.78, 5) is 14.0. The van der Waals surface area contributed by atoms with Crippen LogP contribution in [-0.2, 0) is 11.3 Å². The molecular formula is C16H26N2O. The molecular weight excluding hydrogens is 236 g/mol. The van der Waals surface area contributed by atoms with Gasteiger partial charge in [0.15, 0.2) is 0 Å². The van der Waals surface area contributed by atoms with Crippen LogP contribution in [-0.4, -0.2) is 23.9 Å². The summed E-state index contributed by atoms with van der Waals surface area (Å²) in [5.41, 5.74) is 7.90. The largest absolute Gasteiger partial charge is 0.339 e. The molecule has 2 N–H and O–H groups in total. The Labute approximate surface area is 116 Å². The monoisotopic (exact) mass is 262 g/mol. The number of hydrogen-bond donors (Lipinski definition) is 1. The highest BCUT2D eigenvalue weighted by molar-refractivity contribution is 5.76. The van der Waals surface area contributed by atoms with Crippen molar-refractivity contribution < 1.29 is 4.79 Å². The van der Waals surface area contributed by atoms with Crippen LogP contribution in [0.3, 0.4) is 0 Å². The molecule has 1 amide bonds. The maximum atomic E-state index is 12.1. The predicted molar refractivity (Wildman–Crippen MR) is 79.8 cm³/mol. The van der Waals surface area contributed by atoms with E-state index in [4.69, 9.17) is 5.73 Å². The third-order valence-electron chi connectivity index (χ3n) is 3.29. The summed E-state index contributed by atoms with van der Waals surface area (Å²) in [7, 11) is 0. The molecule has 0 radical (unpaired) electrons. The Hall–Kier alpha value is -1.35. The fraction of sp³-hybridized carbons (Fsp3) is 0.562. The lowest BCUT2D eigenvalue weighted by Crippen LogP contribution is -2.30. The van der Waals surface area contributed by atoms with Gasteiger partial charge in [-0.15, -0.1) is 0 Å². The van der Waals surface area contributed by atoms with E-state index in [0.29, 0.717) is 13.0 Å². The van der Waals surface area contributed by atoms with Gasteiger partial charge >= 0.3 is 0 Å². The lowest BCUT2D eigenvalue weighted by atomic mass is 10.1. The molecule has 3 heteroatoms. The normalized spacial score (nSPS) is 10.5. The second-order valence-electron chi connectivity index (χ2n) is 5.00. The summed E-state index contributed by atoms with van der Waals surface area (Å²) in [6.07, 6.45) is 3.64. The summed E-state index contributed by atoms with van der Waals surface area (Å²) in [5, 5.41) is 0. The molecule has 0 aromatic heterocycles. The van der Waals surface area contributed by atoms with Crippen LogP contribution in [0.25, 0.3) is 0 Å². The SMILES string of the molecule is CCN(Cc1cccc(C)c1)C(=O)CCCCCN. The predicted octanol–water partition coefficient (Wildman–Crippen LogP) is 2.86. The van der Waals surface area contributed by atoms with Crippen molar-refractivity contribution in [3.63, 3.8) is 0 Å². The molecule has 3 nitrogen and oxygen atoms in total. The zero-order valence-corrected chi connectivity index (χ0v) is 12.2. The third-order valence-corrected chi connectivity index (χ3v) is 3.29. The first-order chi connectivity index (χ1) is 9.17. The molecule has 0 saturated carbocycles. The third kappa shape index (κ3) is 5.88. The van der Waals surface area contributed by atoms with Gasteiger partial charge in [-0.25, -0.2) is 0 Å². The zero-order valence-electron chi connectivity index (χ0n) is 12.2. The molecule has 0 aliphatic heterocycles. The Kier molecular flexibility index (Phi) is 7.19. The van der Waals surface area contributed by atoms with Crippen LogP contribution in [0.4, 0.5) is 0 Å². The summed E-state index contributed by atoms with van der Waals surface area (Å²) in [6, 6.07) is 8.35. The molecule has 0 fully saturated rings. The van der Waals surface area contributed by atoms with Gasteiger partial charge in [0, 0.05) is 19.5 Å². The molecule has 0 atom stereocenters. The van der Waals surface area contributed by atoms with Gasteiger partial charge in [-0.3, -0.25) is 4.79 Å². The van der Waals surface area contributed by atoms with Crippen molar-refractivity contribution in [3.8, 4) is 0 Å². The standard InChI is InChI=1S/C16H26N2O/c1-3-18(16(19)10-5-4-6-11-17)13-15-9-7-8-14(2)12-15/h7-9,12H,3-6,10-11,13,17H2,1-2H3. The van der Waals surface area contributed by atoms with Gasteiger partial charge in [0.2, 0.25) is 5.91 Å². The maximum Gasteiger partial charge on any atom is 0.222 e. The minimum atomic E-state index is 0.251. The van der Waals surface area contributed by atoms with Crippen LogP contribution in [0.5, 0.6) is 0 Å². The number of aryl methyl sites for hydroxylation is 1. The van der Waals surface area contributed by atoms with E-state index in [1.54, 1.807) is 0 Å². The number of carbonyl (C=O) groups is 1. The van der Waals surface area contributed by atoms with Crippen molar-refractivity contribution in [3.05, 3.63) is 35.4 Å². The minimum absolute atomic E-state index is 0.251. The summed E-state index contributed by atoms with van der Waals surface area (Å²) in [6.45, 7) is 6.31. The average molecular weight is 262 g/mol. The molecule has 0 bridgehead atoms. The second-order valence-corrected chi connectivity index (χ2v) is 5.00. The number of benzene rings is 1. The van der Waals surface area contributed by atoms with E-state index in [-0.39, 0.29) is 5.91 Å². The van der Waals surface area contributed by atoms with Gasteiger partial charge in [0.25, 0.3) is 0 Å². The van der Waals surface area contributed by atoms with Gasteiger partial charge < -0.3 is 10.6 Å². The molecule has 0 saturated heterocycles. The molecule has 0 aliphatic rings. The van der Waals surface area contributed by atoms with Gasteiger partial charge in [-0.1, -0.05) is 36.2 Å². The molecule has 1 rings (SSSR count). The molecule has 0 aliphatic carbocycles. The number of unbranched alkanes of at least 4 members (excludes halogenated alkanes) is 2. The van der Waals surface area contributed by atoms with Crippen molar-refractivity contribution in [2.75, 3.05) is 13.1 Å². The van der Waals surface area contributed by atoms with Crippen LogP contribution in [0.15, 0.2) is 24.3 Å². The Balaban J connectivity index is 2.46. The first kappa shape index (κ1) is 15.7. The number of carbonyl (C=O) groups excluding carboxylic acids is 1. The molecule has 0 heterocycles. The number of rotatable bonds is 8. The Morgan fingerprint density at radius 1 is 1.26 bits per heavy atom. The quantitative estimate of drug-likeness (QED) is 0.732. The molecule has 19 heavy (non-hydrogen) atoms. The van der Waals surface area contributed by atoms with E-state index >= 15 is 0 Å². The van der Waals surface area contributed by atoms with E-state index in [0.717, 1.165) is 32.4 Å². The Morgan fingerprint density at radius 3 is 2.68 bits per heavy atom. The fourth-order valence-corrected chi connectivity index (χ4v) is 2.16. The van der Waals surface area contributed by atoms with Gasteiger partial charge in [0.05, 0.1) is 0 Å². The van der Waals surface area contributed by atoms with Gasteiger partial charge in [-0.2, -0.15) is 0 Å². The first-order valence-corrected chi connectivity index (χ1v) is 7.20. The van der Waals surface area contributed by atoms with E-state index < -0.39 is 0 Å². The lowest BCUT2D eigenvalue weighted by molar-refractivity contribution is -0.131. The van der Waals surface area contributed by atoms with Crippen molar-refractivity contribution in [2.45, 2.75) is 46.1 Å². The summed E-state index contributed by atoms with van der Waals surface area (Å²) >= 11 is 0. The minimum Gasteiger partial charge on any atom is -0.339 e. The van der Waals surface area contributed by atoms with E-state index in [2.05, 4.69) is 25.1 Å². The van der Waals surface area contributed by atoms with E-state index in [1.165, 1.54) is 11.1 Å². The Bertz CT molecular complexity index is 390. The lowest BCUT2D eigenvalue weighted by Gasteiger charge is -2.21. The Morgan fingerprint density at radius 2 is 2.05 bits per heavy atom. The van der Waals surface area contributed by atoms with Crippen molar-refractivity contribution in [1.82, 2.24) is 4.90 Å². The zero-order chi connectivity index (χ0) is 14.1. The van der Waals surface area contributed by atoms with E-state index in [9.17, 15) is 4.79 Å². The summed E-state index contributed by atoms with van der Waals surface area (Å²) < 4.78 is 0. The second kappa shape index (κ2) is 8.70. The smallest absolute Gasteiger partial charge is 0.222 e. The van der Waals surface area contributed by atoms with Crippen molar-refractivity contribution >= 4 is 5.91 Å². The highest BCUT2D eigenvalue weighted by Gasteiger charge is 2.11. The molecule has 106 valence electrons. The first-order valence-electron chi connectivity index (χ1n) is 7.20. The highest BCUT2D eigenvalue weighted by Crippen LogP contribution is 2.10.